The molecule has 0 atom stereocenters. The summed E-state index contributed by atoms with van der Waals surface area (Å²) in [6.07, 6.45) is 4.94. The molecule has 0 bridgehead atoms. The van der Waals surface area contributed by atoms with E-state index >= 15 is 0 Å². The average molecular weight is 247 g/mol. The van der Waals surface area contributed by atoms with Crippen LogP contribution in [-0.2, 0) is 4.79 Å². The van der Waals surface area contributed by atoms with Crippen molar-refractivity contribution < 1.29 is 4.79 Å². The summed E-state index contributed by atoms with van der Waals surface area (Å²) in [5.41, 5.74) is -0.289. The van der Waals surface area contributed by atoms with Crippen molar-refractivity contribution in [1.29, 1.82) is 5.26 Å². The van der Waals surface area contributed by atoms with Crippen molar-refractivity contribution >= 4 is 5.91 Å². The second-order valence-electron chi connectivity index (χ2n) is 4.89. The molecule has 1 amide bonds. The standard InChI is InChI=1S/C14H21N3O/c1-6-8-17(9-7-2)11-12(10-15)13(18)16-14(3,4)5/h6-7,11H,1-2,8-9H2,3-5H3,(H,16,18)/b12-11-. The van der Waals surface area contributed by atoms with Gasteiger partial charge in [-0.15, -0.1) is 13.2 Å². The Balaban J connectivity index is 4.93. The van der Waals surface area contributed by atoms with Crippen LogP contribution in [0.4, 0.5) is 0 Å². The monoisotopic (exact) mass is 247 g/mol. The number of carbonyl (C=O) groups is 1. The molecule has 98 valence electrons. The minimum atomic E-state index is -0.372. The van der Waals surface area contributed by atoms with E-state index in [0.717, 1.165) is 0 Å². The van der Waals surface area contributed by atoms with Gasteiger partial charge in [0.2, 0.25) is 0 Å². The van der Waals surface area contributed by atoms with Crippen molar-refractivity contribution in [2.45, 2.75) is 26.3 Å². The molecule has 0 aromatic carbocycles. The lowest BCUT2D eigenvalue weighted by molar-refractivity contribution is -0.118. The van der Waals surface area contributed by atoms with Gasteiger partial charge in [-0.3, -0.25) is 4.79 Å². The first-order valence-corrected chi connectivity index (χ1v) is 5.74. The fraction of sp³-hybridized carbons (Fsp3) is 0.429. The summed E-state index contributed by atoms with van der Waals surface area (Å²) in [6.45, 7) is 14.0. The van der Waals surface area contributed by atoms with Crippen LogP contribution in [0.2, 0.25) is 0 Å². The molecule has 4 nitrogen and oxygen atoms in total. The summed E-state index contributed by atoms with van der Waals surface area (Å²) < 4.78 is 0. The van der Waals surface area contributed by atoms with Gasteiger partial charge >= 0.3 is 0 Å². The number of carbonyl (C=O) groups excluding carboxylic acids is 1. The van der Waals surface area contributed by atoms with Crippen LogP contribution in [0.25, 0.3) is 0 Å². The first-order chi connectivity index (χ1) is 8.34. The number of nitriles is 1. The van der Waals surface area contributed by atoms with Crippen molar-refractivity contribution in [1.82, 2.24) is 10.2 Å². The van der Waals surface area contributed by atoms with Crippen molar-refractivity contribution in [3.8, 4) is 6.07 Å². The maximum atomic E-state index is 11.9. The van der Waals surface area contributed by atoms with Gasteiger partial charge in [-0.2, -0.15) is 5.26 Å². The van der Waals surface area contributed by atoms with Crippen LogP contribution in [0.15, 0.2) is 37.1 Å². The zero-order valence-electron chi connectivity index (χ0n) is 11.4. The molecular formula is C14H21N3O. The van der Waals surface area contributed by atoms with E-state index in [0.29, 0.717) is 13.1 Å². The van der Waals surface area contributed by atoms with Gasteiger partial charge in [-0.25, -0.2) is 0 Å². The van der Waals surface area contributed by atoms with Gasteiger partial charge in [0.05, 0.1) is 0 Å². The Bertz CT molecular complexity index is 373. The van der Waals surface area contributed by atoms with Crippen LogP contribution in [-0.4, -0.2) is 29.4 Å². The maximum absolute atomic E-state index is 11.9. The smallest absolute Gasteiger partial charge is 0.263 e. The molecular weight excluding hydrogens is 226 g/mol. The van der Waals surface area contributed by atoms with E-state index in [1.165, 1.54) is 6.20 Å². The predicted octanol–water partition coefficient (Wildman–Crippen LogP) is 1.98. The Morgan fingerprint density at radius 2 is 1.83 bits per heavy atom. The number of nitrogens with one attached hydrogen (secondary N) is 1. The third kappa shape index (κ3) is 6.54. The van der Waals surface area contributed by atoms with Gasteiger partial charge < -0.3 is 10.2 Å². The van der Waals surface area contributed by atoms with E-state index in [9.17, 15) is 4.79 Å². The summed E-state index contributed by atoms with van der Waals surface area (Å²) in [4.78, 5) is 13.6. The molecule has 0 fully saturated rings. The van der Waals surface area contributed by atoms with Gasteiger partial charge in [-0.05, 0) is 20.8 Å². The number of amides is 1. The molecule has 0 aromatic heterocycles. The molecule has 0 spiro atoms. The molecule has 0 unspecified atom stereocenters. The molecule has 0 radical (unpaired) electrons. The fourth-order valence-electron chi connectivity index (χ4n) is 1.24. The van der Waals surface area contributed by atoms with E-state index < -0.39 is 0 Å². The Kier molecular flexibility index (Phi) is 6.51. The second kappa shape index (κ2) is 7.33. The quantitative estimate of drug-likeness (QED) is 0.443. The van der Waals surface area contributed by atoms with Crippen molar-refractivity contribution in [2.75, 3.05) is 13.1 Å². The van der Waals surface area contributed by atoms with Gasteiger partial charge in [-0.1, -0.05) is 12.2 Å². The van der Waals surface area contributed by atoms with E-state index in [1.807, 2.05) is 26.8 Å². The normalized spacial score (nSPS) is 11.3. The Morgan fingerprint density at radius 1 is 1.33 bits per heavy atom. The summed E-state index contributed by atoms with van der Waals surface area (Å²) in [6, 6.07) is 1.91. The second-order valence-corrected chi connectivity index (χ2v) is 4.89. The van der Waals surface area contributed by atoms with Gasteiger partial charge in [0.25, 0.3) is 5.91 Å². The minimum Gasteiger partial charge on any atom is -0.369 e. The van der Waals surface area contributed by atoms with E-state index in [2.05, 4.69) is 18.5 Å². The topological polar surface area (TPSA) is 56.1 Å². The average Bonchev–Trinajstić information content (AvgIpc) is 2.23. The van der Waals surface area contributed by atoms with Crippen molar-refractivity contribution in [2.24, 2.45) is 0 Å². The predicted molar refractivity (Wildman–Crippen MR) is 73.6 cm³/mol. The first-order valence-electron chi connectivity index (χ1n) is 5.74. The third-order valence-corrected chi connectivity index (χ3v) is 1.89. The van der Waals surface area contributed by atoms with Crippen LogP contribution in [0, 0.1) is 11.3 Å². The highest BCUT2D eigenvalue weighted by molar-refractivity contribution is 5.97. The molecule has 18 heavy (non-hydrogen) atoms. The molecule has 0 rings (SSSR count). The van der Waals surface area contributed by atoms with Crippen LogP contribution in [0.1, 0.15) is 20.8 Å². The number of rotatable bonds is 6. The van der Waals surface area contributed by atoms with Crippen LogP contribution in [0.3, 0.4) is 0 Å². The summed E-state index contributed by atoms with van der Waals surface area (Å²) in [5, 5.41) is 11.8. The number of nitrogens with zero attached hydrogens (tertiary/aromatic N) is 2. The lowest BCUT2D eigenvalue weighted by atomic mass is 10.1. The lowest BCUT2D eigenvalue weighted by Crippen LogP contribution is -2.41. The molecule has 0 aliphatic heterocycles. The van der Waals surface area contributed by atoms with Gasteiger partial charge in [0.1, 0.15) is 11.6 Å². The first kappa shape index (κ1) is 16.0. The van der Waals surface area contributed by atoms with Gasteiger partial charge in [0.15, 0.2) is 0 Å². The Labute approximate surface area is 109 Å². The van der Waals surface area contributed by atoms with Crippen LogP contribution >= 0.6 is 0 Å². The molecule has 0 heterocycles. The molecule has 0 aliphatic rings. The van der Waals surface area contributed by atoms with E-state index in [1.54, 1.807) is 17.1 Å². The molecule has 4 heteroatoms. The molecule has 0 saturated carbocycles. The van der Waals surface area contributed by atoms with Crippen molar-refractivity contribution in [3.05, 3.63) is 37.1 Å². The Hall–Kier alpha value is -2.02. The fourth-order valence-corrected chi connectivity index (χ4v) is 1.24. The van der Waals surface area contributed by atoms with Crippen molar-refractivity contribution in [3.63, 3.8) is 0 Å². The minimum absolute atomic E-state index is 0.0774. The largest absolute Gasteiger partial charge is 0.369 e. The van der Waals surface area contributed by atoms with E-state index in [4.69, 9.17) is 5.26 Å². The number of hydrogen-bond acceptors (Lipinski definition) is 3. The highest BCUT2D eigenvalue weighted by Crippen LogP contribution is 2.04. The Morgan fingerprint density at radius 3 is 2.17 bits per heavy atom. The zero-order valence-corrected chi connectivity index (χ0v) is 11.4. The SMILES string of the molecule is C=CCN(/C=C(/C#N)C(=O)NC(C)(C)C)CC=C. The lowest BCUT2D eigenvalue weighted by Gasteiger charge is -2.21. The third-order valence-electron chi connectivity index (χ3n) is 1.89. The molecule has 0 aliphatic carbocycles. The van der Waals surface area contributed by atoms with E-state index in [-0.39, 0.29) is 17.0 Å². The summed E-state index contributed by atoms with van der Waals surface area (Å²) in [5.74, 6) is -0.372. The molecule has 1 N–H and O–H groups in total. The molecule has 0 aromatic rings. The highest BCUT2D eigenvalue weighted by Gasteiger charge is 2.17. The van der Waals surface area contributed by atoms with Crippen LogP contribution in [0.5, 0.6) is 0 Å². The van der Waals surface area contributed by atoms with Gasteiger partial charge in [0, 0.05) is 24.8 Å². The summed E-state index contributed by atoms with van der Waals surface area (Å²) >= 11 is 0. The highest BCUT2D eigenvalue weighted by atomic mass is 16.1. The maximum Gasteiger partial charge on any atom is 0.263 e. The zero-order chi connectivity index (χ0) is 14.2. The van der Waals surface area contributed by atoms with Crippen LogP contribution < -0.4 is 5.32 Å². The molecule has 0 saturated heterocycles. The number of hydrogen-bond donors (Lipinski definition) is 1. The summed E-state index contributed by atoms with van der Waals surface area (Å²) in [7, 11) is 0.